The highest BCUT2D eigenvalue weighted by Crippen LogP contribution is 2.44. The Kier molecular flexibility index (Phi) is 4.31. The SMILES string of the molecule is COc1ccc(C2CCNCC2)c(OC)c1OC. The van der Waals surface area contributed by atoms with Gasteiger partial charge in [0.05, 0.1) is 21.3 Å². The molecule has 1 fully saturated rings. The van der Waals surface area contributed by atoms with Crippen LogP contribution in [0.1, 0.15) is 24.3 Å². The number of nitrogens with one attached hydrogen (secondary N) is 1. The van der Waals surface area contributed by atoms with Crippen molar-refractivity contribution in [3.63, 3.8) is 0 Å². The van der Waals surface area contributed by atoms with E-state index in [0.29, 0.717) is 17.4 Å². The smallest absolute Gasteiger partial charge is 0.203 e. The lowest BCUT2D eigenvalue weighted by Crippen LogP contribution is -2.26. The molecule has 1 aromatic carbocycles. The molecule has 0 aromatic heterocycles. The Labute approximate surface area is 108 Å². The van der Waals surface area contributed by atoms with Crippen molar-refractivity contribution in [2.24, 2.45) is 0 Å². The highest BCUT2D eigenvalue weighted by molar-refractivity contribution is 5.56. The van der Waals surface area contributed by atoms with E-state index in [2.05, 4.69) is 11.4 Å². The van der Waals surface area contributed by atoms with E-state index in [9.17, 15) is 0 Å². The maximum absolute atomic E-state index is 5.54. The van der Waals surface area contributed by atoms with Crippen LogP contribution >= 0.6 is 0 Å². The Morgan fingerprint density at radius 1 is 0.944 bits per heavy atom. The zero-order valence-corrected chi connectivity index (χ0v) is 11.3. The second-order valence-corrected chi connectivity index (χ2v) is 4.45. The minimum absolute atomic E-state index is 0.529. The topological polar surface area (TPSA) is 39.7 Å². The molecule has 0 unspecified atom stereocenters. The fraction of sp³-hybridized carbons (Fsp3) is 0.571. The number of hydrogen-bond donors (Lipinski definition) is 1. The van der Waals surface area contributed by atoms with E-state index in [0.717, 1.165) is 31.7 Å². The van der Waals surface area contributed by atoms with Crippen molar-refractivity contribution in [1.82, 2.24) is 5.32 Å². The predicted octanol–water partition coefficient (Wildman–Crippen LogP) is 2.18. The second-order valence-electron chi connectivity index (χ2n) is 4.45. The molecule has 0 amide bonds. The zero-order chi connectivity index (χ0) is 13.0. The molecular weight excluding hydrogens is 230 g/mol. The lowest BCUT2D eigenvalue weighted by molar-refractivity contribution is 0.318. The van der Waals surface area contributed by atoms with Gasteiger partial charge in [0.15, 0.2) is 11.5 Å². The molecule has 1 heterocycles. The van der Waals surface area contributed by atoms with E-state index < -0.39 is 0 Å². The van der Waals surface area contributed by atoms with E-state index >= 15 is 0 Å². The van der Waals surface area contributed by atoms with Gasteiger partial charge in [0.25, 0.3) is 0 Å². The number of piperidine rings is 1. The highest BCUT2D eigenvalue weighted by atomic mass is 16.5. The van der Waals surface area contributed by atoms with Crippen molar-refractivity contribution in [3.8, 4) is 17.2 Å². The summed E-state index contributed by atoms with van der Waals surface area (Å²) in [6.07, 6.45) is 2.26. The molecule has 2 rings (SSSR count). The van der Waals surface area contributed by atoms with Gasteiger partial charge < -0.3 is 19.5 Å². The van der Waals surface area contributed by atoms with Gasteiger partial charge in [-0.2, -0.15) is 0 Å². The molecule has 18 heavy (non-hydrogen) atoms. The van der Waals surface area contributed by atoms with Gasteiger partial charge in [0, 0.05) is 5.56 Å². The quantitative estimate of drug-likeness (QED) is 0.890. The summed E-state index contributed by atoms with van der Waals surface area (Å²) in [6.45, 7) is 2.12. The standard InChI is InChI=1S/C14H21NO3/c1-16-12-5-4-11(10-6-8-15-9-7-10)13(17-2)14(12)18-3/h4-5,10,15H,6-9H2,1-3H3. The van der Waals surface area contributed by atoms with Crippen LogP contribution in [0.15, 0.2) is 12.1 Å². The average Bonchev–Trinajstić information content (AvgIpc) is 2.46. The second kappa shape index (κ2) is 5.96. The fourth-order valence-corrected chi connectivity index (χ4v) is 2.58. The van der Waals surface area contributed by atoms with Crippen molar-refractivity contribution in [1.29, 1.82) is 0 Å². The van der Waals surface area contributed by atoms with Gasteiger partial charge in [0.1, 0.15) is 0 Å². The summed E-state index contributed by atoms with van der Waals surface area (Å²) in [5.41, 5.74) is 1.22. The van der Waals surface area contributed by atoms with Gasteiger partial charge in [-0.25, -0.2) is 0 Å². The molecule has 0 saturated carbocycles. The summed E-state index contributed by atoms with van der Waals surface area (Å²) in [5, 5.41) is 3.38. The predicted molar refractivity (Wildman–Crippen MR) is 70.9 cm³/mol. The monoisotopic (exact) mass is 251 g/mol. The van der Waals surface area contributed by atoms with E-state index in [1.807, 2.05) is 6.07 Å². The summed E-state index contributed by atoms with van der Waals surface area (Å²) in [6, 6.07) is 4.05. The van der Waals surface area contributed by atoms with Gasteiger partial charge in [-0.1, -0.05) is 6.07 Å². The van der Waals surface area contributed by atoms with Crippen molar-refractivity contribution >= 4 is 0 Å². The molecule has 1 saturated heterocycles. The summed E-state index contributed by atoms with van der Waals surface area (Å²) >= 11 is 0. The van der Waals surface area contributed by atoms with Crippen LogP contribution in [0.2, 0.25) is 0 Å². The molecule has 0 radical (unpaired) electrons. The van der Waals surface area contributed by atoms with Crippen LogP contribution in [-0.2, 0) is 0 Å². The first-order valence-electron chi connectivity index (χ1n) is 6.31. The Bertz CT molecular complexity index is 400. The van der Waals surface area contributed by atoms with Crippen molar-refractivity contribution in [2.75, 3.05) is 34.4 Å². The van der Waals surface area contributed by atoms with Crippen LogP contribution in [0, 0.1) is 0 Å². The summed E-state index contributed by atoms with van der Waals surface area (Å²) < 4.78 is 16.3. The van der Waals surface area contributed by atoms with Gasteiger partial charge in [-0.05, 0) is 37.9 Å². The first kappa shape index (κ1) is 13.0. The third-order valence-corrected chi connectivity index (χ3v) is 3.51. The fourth-order valence-electron chi connectivity index (χ4n) is 2.58. The third kappa shape index (κ3) is 2.38. The molecule has 0 atom stereocenters. The van der Waals surface area contributed by atoms with E-state index in [1.165, 1.54) is 5.56 Å². The molecule has 4 heteroatoms. The Balaban J connectivity index is 2.40. The molecule has 1 aromatic rings. The lowest BCUT2D eigenvalue weighted by atomic mass is 9.89. The summed E-state index contributed by atoms with van der Waals surface area (Å²) in [7, 11) is 4.97. The van der Waals surface area contributed by atoms with Crippen molar-refractivity contribution in [3.05, 3.63) is 17.7 Å². The van der Waals surface area contributed by atoms with Crippen LogP contribution < -0.4 is 19.5 Å². The maximum Gasteiger partial charge on any atom is 0.203 e. The molecule has 0 aliphatic carbocycles. The van der Waals surface area contributed by atoms with Crippen molar-refractivity contribution in [2.45, 2.75) is 18.8 Å². The summed E-state index contributed by atoms with van der Waals surface area (Å²) in [4.78, 5) is 0. The van der Waals surface area contributed by atoms with E-state index in [-0.39, 0.29) is 0 Å². The average molecular weight is 251 g/mol. The van der Waals surface area contributed by atoms with Gasteiger partial charge in [-0.15, -0.1) is 0 Å². The molecule has 0 spiro atoms. The van der Waals surface area contributed by atoms with Crippen LogP contribution in [0.5, 0.6) is 17.2 Å². The first-order chi connectivity index (χ1) is 8.81. The normalized spacial score (nSPS) is 16.4. The summed E-state index contributed by atoms with van der Waals surface area (Å²) in [5.74, 6) is 2.74. The lowest BCUT2D eigenvalue weighted by Gasteiger charge is -2.25. The Morgan fingerprint density at radius 2 is 1.61 bits per heavy atom. The molecular formula is C14H21NO3. The van der Waals surface area contributed by atoms with Crippen LogP contribution in [0.25, 0.3) is 0 Å². The number of rotatable bonds is 4. The minimum atomic E-state index is 0.529. The number of methoxy groups -OCH3 is 3. The Morgan fingerprint density at radius 3 is 2.17 bits per heavy atom. The molecule has 1 N–H and O–H groups in total. The first-order valence-corrected chi connectivity index (χ1v) is 6.31. The van der Waals surface area contributed by atoms with Crippen LogP contribution in [-0.4, -0.2) is 34.4 Å². The largest absolute Gasteiger partial charge is 0.493 e. The van der Waals surface area contributed by atoms with Crippen LogP contribution in [0.4, 0.5) is 0 Å². The van der Waals surface area contributed by atoms with Crippen LogP contribution in [0.3, 0.4) is 0 Å². The number of benzene rings is 1. The maximum atomic E-state index is 5.54. The molecule has 100 valence electrons. The minimum Gasteiger partial charge on any atom is -0.493 e. The molecule has 1 aliphatic rings. The molecule has 1 aliphatic heterocycles. The van der Waals surface area contributed by atoms with E-state index in [1.54, 1.807) is 21.3 Å². The number of hydrogen-bond acceptors (Lipinski definition) is 4. The molecule has 0 bridgehead atoms. The third-order valence-electron chi connectivity index (χ3n) is 3.51. The zero-order valence-electron chi connectivity index (χ0n) is 11.3. The van der Waals surface area contributed by atoms with Gasteiger partial charge in [0.2, 0.25) is 5.75 Å². The molecule has 4 nitrogen and oxygen atoms in total. The van der Waals surface area contributed by atoms with Gasteiger partial charge >= 0.3 is 0 Å². The Hall–Kier alpha value is -1.42. The number of ether oxygens (including phenoxy) is 3. The van der Waals surface area contributed by atoms with E-state index in [4.69, 9.17) is 14.2 Å². The van der Waals surface area contributed by atoms with Gasteiger partial charge in [-0.3, -0.25) is 0 Å². The highest BCUT2D eigenvalue weighted by Gasteiger charge is 2.23. The van der Waals surface area contributed by atoms with Crippen molar-refractivity contribution < 1.29 is 14.2 Å².